The van der Waals surface area contributed by atoms with Crippen LogP contribution in [0.1, 0.15) is 16.1 Å². The van der Waals surface area contributed by atoms with Gasteiger partial charge in [0.1, 0.15) is 11.9 Å². The molecule has 1 N–H and O–H groups in total. The number of benzene rings is 1. The lowest BCUT2D eigenvalue weighted by atomic mass is 10.2. The first kappa shape index (κ1) is 12.7. The molecule has 0 aliphatic heterocycles. The summed E-state index contributed by atoms with van der Waals surface area (Å²) < 4.78 is 0. The van der Waals surface area contributed by atoms with Gasteiger partial charge in [0.2, 0.25) is 0 Å². The summed E-state index contributed by atoms with van der Waals surface area (Å²) >= 11 is 0. The van der Waals surface area contributed by atoms with Crippen molar-refractivity contribution in [3.63, 3.8) is 0 Å². The summed E-state index contributed by atoms with van der Waals surface area (Å²) in [6, 6.07) is 9.87. The summed E-state index contributed by atoms with van der Waals surface area (Å²) in [4.78, 5) is 25.5. The number of hydrogen-bond donors (Lipinski definition) is 1. The van der Waals surface area contributed by atoms with Crippen molar-refractivity contribution >= 4 is 17.3 Å². The number of pyridine rings is 1. The van der Waals surface area contributed by atoms with Gasteiger partial charge in [-0.2, -0.15) is 0 Å². The monoisotopic (exact) mass is 257 g/mol. The highest BCUT2D eigenvalue weighted by Gasteiger charge is 2.11. The van der Waals surface area contributed by atoms with E-state index in [1.165, 1.54) is 12.1 Å². The maximum Gasteiger partial charge on any atom is 0.287 e. The number of aromatic nitrogens is 1. The van der Waals surface area contributed by atoms with Crippen molar-refractivity contribution in [2.45, 2.75) is 6.92 Å². The molecule has 6 heteroatoms. The molecule has 0 bridgehead atoms. The Morgan fingerprint density at radius 2 is 1.89 bits per heavy atom. The number of hydrogen-bond acceptors (Lipinski definition) is 4. The minimum atomic E-state index is -0.561. The summed E-state index contributed by atoms with van der Waals surface area (Å²) in [5, 5.41) is 13.1. The molecule has 0 radical (unpaired) electrons. The van der Waals surface area contributed by atoms with Crippen LogP contribution < -0.4 is 5.32 Å². The van der Waals surface area contributed by atoms with E-state index in [0.717, 1.165) is 11.8 Å². The maximum atomic E-state index is 11.8. The molecule has 19 heavy (non-hydrogen) atoms. The molecule has 0 aliphatic rings. The highest BCUT2D eigenvalue weighted by atomic mass is 16.6. The second-order valence-electron chi connectivity index (χ2n) is 3.98. The third kappa shape index (κ3) is 3.12. The van der Waals surface area contributed by atoms with E-state index in [1.54, 1.807) is 12.1 Å². The van der Waals surface area contributed by atoms with E-state index in [2.05, 4.69) is 10.3 Å². The first-order valence-corrected chi connectivity index (χ1v) is 5.55. The number of nitrogens with one attached hydrogen (secondary N) is 1. The van der Waals surface area contributed by atoms with E-state index in [1.807, 2.05) is 19.1 Å². The molecule has 0 unspecified atom stereocenters. The van der Waals surface area contributed by atoms with Crippen molar-refractivity contribution in [1.82, 2.24) is 4.98 Å². The molecular weight excluding hydrogens is 246 g/mol. The van der Waals surface area contributed by atoms with Gasteiger partial charge in [-0.15, -0.1) is 0 Å². The number of amides is 1. The molecule has 96 valence electrons. The fraction of sp³-hybridized carbons (Fsp3) is 0.0769. The molecule has 1 aromatic carbocycles. The van der Waals surface area contributed by atoms with Crippen LogP contribution in [-0.2, 0) is 0 Å². The number of nitro groups is 1. The Morgan fingerprint density at radius 3 is 2.42 bits per heavy atom. The minimum absolute atomic E-state index is 0.131. The smallest absolute Gasteiger partial charge is 0.287 e. The molecule has 1 aromatic heterocycles. The van der Waals surface area contributed by atoms with E-state index < -0.39 is 10.8 Å². The van der Waals surface area contributed by atoms with Crippen molar-refractivity contribution in [3.05, 3.63) is 64.0 Å². The van der Waals surface area contributed by atoms with E-state index >= 15 is 0 Å². The average Bonchev–Trinajstić information content (AvgIpc) is 2.41. The predicted molar refractivity (Wildman–Crippen MR) is 70.0 cm³/mol. The molecular formula is C13H11N3O3. The molecule has 2 rings (SSSR count). The number of aryl methyl sites for hydroxylation is 1. The molecule has 0 spiro atoms. The van der Waals surface area contributed by atoms with E-state index in [0.29, 0.717) is 5.69 Å². The summed E-state index contributed by atoms with van der Waals surface area (Å²) in [5.41, 5.74) is 1.72. The molecule has 1 heterocycles. The van der Waals surface area contributed by atoms with Crippen molar-refractivity contribution < 1.29 is 9.72 Å². The van der Waals surface area contributed by atoms with Gasteiger partial charge in [0.25, 0.3) is 11.6 Å². The van der Waals surface area contributed by atoms with Gasteiger partial charge in [-0.1, -0.05) is 17.7 Å². The lowest BCUT2D eigenvalue weighted by molar-refractivity contribution is -0.385. The fourth-order valence-corrected chi connectivity index (χ4v) is 1.46. The Balaban J connectivity index is 2.11. The van der Waals surface area contributed by atoms with Crippen LogP contribution in [0.3, 0.4) is 0 Å². The van der Waals surface area contributed by atoms with Gasteiger partial charge in [0.15, 0.2) is 0 Å². The van der Waals surface area contributed by atoms with Gasteiger partial charge in [0.05, 0.1) is 4.92 Å². The standard InChI is InChI=1S/C13H11N3O3/c1-9-2-4-10(5-3-9)15-13(17)12-7-6-11(8-14-12)16(18)19/h2-8H,1H3,(H,15,17). The number of carbonyl (C=O) groups excluding carboxylic acids is 1. The van der Waals surface area contributed by atoms with Gasteiger partial charge in [0, 0.05) is 11.8 Å². The Bertz CT molecular complexity index is 606. The lowest BCUT2D eigenvalue weighted by Crippen LogP contribution is -2.13. The second-order valence-corrected chi connectivity index (χ2v) is 3.98. The van der Waals surface area contributed by atoms with Crippen LogP contribution in [0.15, 0.2) is 42.6 Å². The van der Waals surface area contributed by atoms with E-state index in [9.17, 15) is 14.9 Å². The SMILES string of the molecule is Cc1ccc(NC(=O)c2ccc([N+](=O)[O-])cn2)cc1. The molecule has 0 saturated carbocycles. The first-order valence-electron chi connectivity index (χ1n) is 5.55. The Hall–Kier alpha value is -2.76. The van der Waals surface area contributed by atoms with E-state index in [-0.39, 0.29) is 11.4 Å². The highest BCUT2D eigenvalue weighted by molar-refractivity contribution is 6.02. The fourth-order valence-electron chi connectivity index (χ4n) is 1.46. The van der Waals surface area contributed by atoms with Crippen LogP contribution in [0.25, 0.3) is 0 Å². The van der Waals surface area contributed by atoms with Gasteiger partial charge in [-0.3, -0.25) is 14.9 Å². The van der Waals surface area contributed by atoms with Crippen LogP contribution in [0.4, 0.5) is 11.4 Å². The summed E-state index contributed by atoms with van der Waals surface area (Å²) in [6.07, 6.45) is 1.06. The number of carbonyl (C=O) groups is 1. The minimum Gasteiger partial charge on any atom is -0.321 e. The third-order valence-corrected chi connectivity index (χ3v) is 2.50. The molecule has 0 saturated heterocycles. The largest absolute Gasteiger partial charge is 0.321 e. The van der Waals surface area contributed by atoms with Crippen LogP contribution in [0, 0.1) is 17.0 Å². The topological polar surface area (TPSA) is 85.1 Å². The number of nitrogens with zero attached hydrogens (tertiary/aromatic N) is 2. The number of rotatable bonds is 3. The highest BCUT2D eigenvalue weighted by Crippen LogP contribution is 2.12. The molecule has 0 fully saturated rings. The summed E-state index contributed by atoms with van der Waals surface area (Å²) in [5.74, 6) is -0.404. The quantitative estimate of drug-likeness (QED) is 0.676. The van der Waals surface area contributed by atoms with Crippen LogP contribution >= 0.6 is 0 Å². The molecule has 2 aromatic rings. The van der Waals surface area contributed by atoms with Crippen molar-refractivity contribution in [1.29, 1.82) is 0 Å². The van der Waals surface area contributed by atoms with Crippen molar-refractivity contribution in [2.24, 2.45) is 0 Å². The van der Waals surface area contributed by atoms with Gasteiger partial charge in [-0.25, -0.2) is 4.98 Å². The molecule has 0 aliphatic carbocycles. The Morgan fingerprint density at radius 1 is 1.21 bits per heavy atom. The third-order valence-electron chi connectivity index (χ3n) is 2.50. The van der Waals surface area contributed by atoms with Crippen LogP contribution in [-0.4, -0.2) is 15.8 Å². The maximum absolute atomic E-state index is 11.8. The summed E-state index contributed by atoms with van der Waals surface area (Å²) in [6.45, 7) is 1.95. The molecule has 0 atom stereocenters. The lowest BCUT2D eigenvalue weighted by Gasteiger charge is -2.04. The first-order chi connectivity index (χ1) is 9.06. The molecule has 6 nitrogen and oxygen atoms in total. The van der Waals surface area contributed by atoms with Crippen molar-refractivity contribution in [2.75, 3.05) is 5.32 Å². The van der Waals surface area contributed by atoms with Crippen molar-refractivity contribution in [3.8, 4) is 0 Å². The zero-order valence-electron chi connectivity index (χ0n) is 10.2. The van der Waals surface area contributed by atoms with Gasteiger partial charge in [-0.05, 0) is 25.1 Å². The van der Waals surface area contributed by atoms with Gasteiger partial charge >= 0.3 is 0 Å². The normalized spacial score (nSPS) is 9.95. The van der Waals surface area contributed by atoms with E-state index in [4.69, 9.17) is 0 Å². The number of anilines is 1. The zero-order valence-corrected chi connectivity index (χ0v) is 10.2. The predicted octanol–water partition coefficient (Wildman–Crippen LogP) is 2.55. The van der Waals surface area contributed by atoms with Crippen LogP contribution in [0.2, 0.25) is 0 Å². The molecule has 1 amide bonds. The van der Waals surface area contributed by atoms with Crippen LogP contribution in [0.5, 0.6) is 0 Å². The average molecular weight is 257 g/mol. The van der Waals surface area contributed by atoms with Gasteiger partial charge < -0.3 is 5.32 Å². The summed E-state index contributed by atoms with van der Waals surface area (Å²) in [7, 11) is 0. The second kappa shape index (κ2) is 5.26. The Kier molecular flexibility index (Phi) is 3.51. The zero-order chi connectivity index (χ0) is 13.8. The Labute approximate surface area is 109 Å².